The number of alkyl carbamates (subject to hydrolysis) is 1. The molecule has 2 aliphatic heterocycles. The maximum Gasteiger partial charge on any atom is 0.407 e. The Hall–Kier alpha value is -4.21. The van der Waals surface area contributed by atoms with Crippen molar-refractivity contribution in [1.82, 2.24) is 15.5 Å². The van der Waals surface area contributed by atoms with Gasteiger partial charge in [0.05, 0.1) is 11.1 Å². The van der Waals surface area contributed by atoms with E-state index in [1.807, 2.05) is 32.9 Å². The molecule has 0 saturated carbocycles. The summed E-state index contributed by atoms with van der Waals surface area (Å²) < 4.78 is 5.24. The average molecular weight is 535 g/mol. The summed E-state index contributed by atoms with van der Waals surface area (Å²) in [6.07, 6.45) is 2.08. The molecule has 206 valence electrons. The molecule has 3 N–H and O–H groups in total. The molecule has 2 aromatic carbocycles. The topological polar surface area (TPSA) is 134 Å². The van der Waals surface area contributed by atoms with Crippen molar-refractivity contribution >= 4 is 35.4 Å². The first-order chi connectivity index (χ1) is 18.5. The Morgan fingerprint density at radius 2 is 1.67 bits per heavy atom. The molecule has 5 amide bonds. The fourth-order valence-electron chi connectivity index (χ4n) is 4.67. The highest BCUT2D eigenvalue weighted by Gasteiger charge is 2.45. The largest absolute Gasteiger partial charge is 0.444 e. The molecule has 0 radical (unpaired) electrons. The molecule has 2 aliphatic rings. The average Bonchev–Trinajstić information content (AvgIpc) is 3.12. The highest BCUT2D eigenvalue weighted by molar-refractivity contribution is 6.25. The molecule has 10 nitrogen and oxygen atoms in total. The van der Waals surface area contributed by atoms with Crippen molar-refractivity contribution in [3.8, 4) is 0 Å². The van der Waals surface area contributed by atoms with E-state index in [0.717, 1.165) is 28.9 Å². The monoisotopic (exact) mass is 534 g/mol. The number of hydrogen-bond donors (Lipinski definition) is 3. The lowest BCUT2D eigenvalue weighted by Crippen LogP contribution is -2.54. The van der Waals surface area contributed by atoms with E-state index in [0.29, 0.717) is 25.2 Å². The molecule has 1 saturated heterocycles. The number of piperidine rings is 1. The maximum absolute atomic E-state index is 13.2. The van der Waals surface area contributed by atoms with Gasteiger partial charge in [0.1, 0.15) is 11.6 Å². The van der Waals surface area contributed by atoms with Crippen molar-refractivity contribution in [1.29, 1.82) is 0 Å². The minimum absolute atomic E-state index is 0.0822. The summed E-state index contributed by atoms with van der Waals surface area (Å²) in [6.45, 7) is 6.54. The van der Waals surface area contributed by atoms with Crippen molar-refractivity contribution in [2.75, 3.05) is 18.4 Å². The predicted octanol–water partition coefficient (Wildman–Crippen LogP) is 3.20. The van der Waals surface area contributed by atoms with E-state index in [4.69, 9.17) is 4.74 Å². The van der Waals surface area contributed by atoms with Gasteiger partial charge in [-0.2, -0.15) is 0 Å². The number of rotatable bonds is 9. The Balaban J connectivity index is 1.26. The number of carbonyl (C=O) groups is 5. The Morgan fingerprint density at radius 1 is 0.974 bits per heavy atom. The van der Waals surface area contributed by atoms with Gasteiger partial charge in [-0.05, 0) is 69.7 Å². The second-order valence-electron chi connectivity index (χ2n) is 10.7. The number of aryl methyl sites for hydroxylation is 1. The summed E-state index contributed by atoms with van der Waals surface area (Å²) in [4.78, 5) is 62.7. The highest BCUT2D eigenvalue weighted by atomic mass is 16.6. The van der Waals surface area contributed by atoms with Crippen molar-refractivity contribution in [3.05, 3.63) is 64.7 Å². The summed E-state index contributed by atoms with van der Waals surface area (Å²) in [6, 6.07) is 12.2. The molecule has 0 aliphatic carbocycles. The molecule has 0 spiro atoms. The van der Waals surface area contributed by atoms with Crippen molar-refractivity contribution in [2.45, 2.75) is 64.5 Å². The number of amides is 5. The summed E-state index contributed by atoms with van der Waals surface area (Å²) in [7, 11) is 0. The lowest BCUT2D eigenvalue weighted by Gasteiger charge is -2.27. The van der Waals surface area contributed by atoms with E-state index in [1.165, 1.54) is 0 Å². The van der Waals surface area contributed by atoms with Gasteiger partial charge in [0, 0.05) is 25.2 Å². The van der Waals surface area contributed by atoms with Gasteiger partial charge in [-0.25, -0.2) is 4.79 Å². The van der Waals surface area contributed by atoms with Crippen molar-refractivity contribution < 1.29 is 28.7 Å². The van der Waals surface area contributed by atoms with Crippen LogP contribution in [-0.2, 0) is 27.2 Å². The first-order valence-electron chi connectivity index (χ1n) is 13.2. The Labute approximate surface area is 227 Å². The van der Waals surface area contributed by atoms with Crippen LogP contribution in [0.4, 0.5) is 10.5 Å². The molecule has 1 unspecified atom stereocenters. The maximum atomic E-state index is 13.2. The summed E-state index contributed by atoms with van der Waals surface area (Å²) in [5, 5.41) is 8.24. The van der Waals surface area contributed by atoms with E-state index in [2.05, 4.69) is 28.1 Å². The third-order valence-corrected chi connectivity index (χ3v) is 6.53. The van der Waals surface area contributed by atoms with Crippen LogP contribution in [0, 0.1) is 0 Å². The van der Waals surface area contributed by atoms with Crippen LogP contribution in [0.2, 0.25) is 0 Å². The third kappa shape index (κ3) is 6.81. The number of nitrogens with zero attached hydrogens (tertiary/aromatic N) is 1. The summed E-state index contributed by atoms with van der Waals surface area (Å²) in [5.41, 5.74) is 2.81. The van der Waals surface area contributed by atoms with Crippen LogP contribution in [0.15, 0.2) is 42.5 Å². The minimum Gasteiger partial charge on any atom is -0.444 e. The van der Waals surface area contributed by atoms with Crippen LogP contribution in [0.1, 0.15) is 71.9 Å². The first kappa shape index (κ1) is 27.8. The summed E-state index contributed by atoms with van der Waals surface area (Å²) >= 11 is 0. The molecule has 2 heterocycles. The van der Waals surface area contributed by atoms with Crippen LogP contribution in [0.25, 0.3) is 0 Å². The summed E-state index contributed by atoms with van der Waals surface area (Å²) in [5.74, 6) is -2.07. The molecule has 0 aromatic heterocycles. The van der Waals surface area contributed by atoms with E-state index < -0.39 is 41.4 Å². The van der Waals surface area contributed by atoms with Crippen LogP contribution in [0.5, 0.6) is 0 Å². The normalized spacial score (nSPS) is 17.1. The van der Waals surface area contributed by atoms with Crippen LogP contribution in [0.3, 0.4) is 0 Å². The molecule has 39 heavy (non-hydrogen) atoms. The molecule has 1 fully saturated rings. The molecular formula is C29H34N4O6. The minimum atomic E-state index is -0.987. The molecule has 2 aromatic rings. The van der Waals surface area contributed by atoms with Gasteiger partial charge in [0.2, 0.25) is 11.8 Å². The van der Waals surface area contributed by atoms with E-state index >= 15 is 0 Å². The SMILES string of the molecule is CC(C)(C)OC(=O)NCCc1ccc(CCCNc2cccc3c2C(=O)N(C2CCC(=O)NC2=O)C3=O)cc1. The number of benzene rings is 2. The molecule has 0 bridgehead atoms. The lowest BCUT2D eigenvalue weighted by atomic mass is 10.0. The van der Waals surface area contributed by atoms with Gasteiger partial charge < -0.3 is 15.4 Å². The standard InChI is InChI=1S/C29H34N4O6/c1-29(2,3)39-28(38)31-17-15-19-11-9-18(10-12-19)6-5-16-30-21-8-4-7-20-24(21)27(37)33(26(20)36)22-13-14-23(34)32-25(22)35/h4,7-12,22,30H,5-6,13-17H2,1-3H3,(H,31,38)(H,32,34,35). The number of anilines is 1. The van der Waals surface area contributed by atoms with Crippen LogP contribution >= 0.6 is 0 Å². The quantitative estimate of drug-likeness (QED) is 0.332. The Kier molecular flexibility index (Phi) is 8.32. The third-order valence-electron chi connectivity index (χ3n) is 6.53. The Bertz CT molecular complexity index is 1280. The fourth-order valence-corrected chi connectivity index (χ4v) is 4.67. The fraction of sp³-hybridized carbons (Fsp3) is 0.414. The number of fused-ring (bicyclic) bond motifs is 1. The lowest BCUT2D eigenvalue weighted by molar-refractivity contribution is -0.136. The second kappa shape index (κ2) is 11.7. The van der Waals surface area contributed by atoms with Gasteiger partial charge in [-0.3, -0.25) is 29.4 Å². The smallest absolute Gasteiger partial charge is 0.407 e. The van der Waals surface area contributed by atoms with E-state index in [9.17, 15) is 24.0 Å². The number of nitrogens with one attached hydrogen (secondary N) is 3. The molecule has 1 atom stereocenters. The van der Waals surface area contributed by atoms with Crippen LogP contribution in [-0.4, -0.2) is 59.4 Å². The number of ether oxygens (including phenoxy) is 1. The predicted molar refractivity (Wildman–Crippen MR) is 144 cm³/mol. The van der Waals surface area contributed by atoms with Crippen molar-refractivity contribution in [2.24, 2.45) is 0 Å². The second-order valence-corrected chi connectivity index (χ2v) is 10.7. The zero-order valence-electron chi connectivity index (χ0n) is 22.5. The number of hydrogen-bond acceptors (Lipinski definition) is 7. The van der Waals surface area contributed by atoms with Gasteiger partial charge in [0.25, 0.3) is 11.8 Å². The highest BCUT2D eigenvalue weighted by Crippen LogP contribution is 2.32. The van der Waals surface area contributed by atoms with E-state index in [-0.39, 0.29) is 24.0 Å². The molecular weight excluding hydrogens is 500 g/mol. The number of imide groups is 2. The van der Waals surface area contributed by atoms with Gasteiger partial charge in [-0.1, -0.05) is 30.3 Å². The zero-order chi connectivity index (χ0) is 28.2. The number of carbonyl (C=O) groups excluding carboxylic acids is 5. The zero-order valence-corrected chi connectivity index (χ0v) is 22.5. The first-order valence-corrected chi connectivity index (χ1v) is 13.2. The van der Waals surface area contributed by atoms with Crippen molar-refractivity contribution in [3.63, 3.8) is 0 Å². The van der Waals surface area contributed by atoms with Gasteiger partial charge in [-0.15, -0.1) is 0 Å². The molecule has 10 heteroatoms. The van der Waals surface area contributed by atoms with E-state index in [1.54, 1.807) is 18.2 Å². The van der Waals surface area contributed by atoms with Gasteiger partial charge in [0.15, 0.2) is 0 Å². The Morgan fingerprint density at radius 3 is 2.33 bits per heavy atom. The van der Waals surface area contributed by atoms with Crippen LogP contribution < -0.4 is 16.0 Å². The van der Waals surface area contributed by atoms with Gasteiger partial charge >= 0.3 is 6.09 Å². The molecule has 4 rings (SSSR count).